The Kier molecular flexibility index (Phi) is 5.29. The van der Waals surface area contributed by atoms with Crippen molar-refractivity contribution in [3.8, 4) is 0 Å². The minimum Gasteiger partial charge on any atom is -0.338 e. The number of likely N-dealkylation sites (tertiary alicyclic amines) is 1. The monoisotopic (exact) mass is 349 g/mol. The fourth-order valence-corrected chi connectivity index (χ4v) is 3.47. The molecule has 0 spiro atoms. The van der Waals surface area contributed by atoms with E-state index in [1.165, 1.54) is 0 Å². The molecule has 2 aliphatic heterocycles. The summed E-state index contributed by atoms with van der Waals surface area (Å²) < 4.78 is 0. The van der Waals surface area contributed by atoms with Gasteiger partial charge in [-0.05, 0) is 43.0 Å². The second kappa shape index (κ2) is 7.43. The van der Waals surface area contributed by atoms with Gasteiger partial charge in [0.05, 0.1) is 0 Å². The number of halogens is 1. The summed E-state index contributed by atoms with van der Waals surface area (Å²) in [4.78, 5) is 28.1. The summed E-state index contributed by atoms with van der Waals surface area (Å²) in [7, 11) is 0. The molecule has 1 unspecified atom stereocenters. The number of carbonyl (C=O) groups is 2. The van der Waals surface area contributed by atoms with Crippen LogP contribution in [0.3, 0.4) is 0 Å². The van der Waals surface area contributed by atoms with E-state index in [-0.39, 0.29) is 17.9 Å². The van der Waals surface area contributed by atoms with E-state index in [0.29, 0.717) is 30.5 Å². The number of amides is 3. The lowest BCUT2D eigenvalue weighted by Crippen LogP contribution is -2.45. The van der Waals surface area contributed by atoms with Crippen LogP contribution >= 0.6 is 11.6 Å². The van der Waals surface area contributed by atoms with Gasteiger partial charge in [0.1, 0.15) is 0 Å². The minimum atomic E-state index is -0.000656. The number of carbonyl (C=O) groups excluding carboxylic acids is 2. The molecule has 24 heavy (non-hydrogen) atoms. The van der Waals surface area contributed by atoms with Gasteiger partial charge in [-0.2, -0.15) is 0 Å². The molecule has 5 nitrogen and oxygen atoms in total. The number of anilines is 1. The number of benzene rings is 1. The molecule has 0 bridgehead atoms. The fourth-order valence-electron chi connectivity index (χ4n) is 3.34. The van der Waals surface area contributed by atoms with Crippen molar-refractivity contribution in [2.75, 3.05) is 31.1 Å². The number of hydrogen-bond acceptors (Lipinski definition) is 2. The van der Waals surface area contributed by atoms with E-state index in [1.54, 1.807) is 17.0 Å². The van der Waals surface area contributed by atoms with Crippen molar-refractivity contribution in [1.29, 1.82) is 0 Å². The second-order valence-corrected chi connectivity index (χ2v) is 7.34. The lowest BCUT2D eigenvalue weighted by Gasteiger charge is -2.30. The van der Waals surface area contributed by atoms with Gasteiger partial charge in [-0.25, -0.2) is 4.79 Å². The van der Waals surface area contributed by atoms with Crippen LogP contribution in [0.25, 0.3) is 0 Å². The lowest BCUT2D eigenvalue weighted by atomic mass is 10.00. The van der Waals surface area contributed by atoms with Gasteiger partial charge in [0, 0.05) is 49.2 Å². The van der Waals surface area contributed by atoms with Gasteiger partial charge in [0.2, 0.25) is 5.91 Å². The molecule has 6 heteroatoms. The maximum atomic E-state index is 12.2. The summed E-state index contributed by atoms with van der Waals surface area (Å²) in [6.45, 7) is 5.06. The highest BCUT2D eigenvalue weighted by Gasteiger charge is 2.31. The molecule has 2 saturated heterocycles. The third-order valence-electron chi connectivity index (χ3n) is 4.96. The van der Waals surface area contributed by atoms with Gasteiger partial charge in [-0.1, -0.05) is 18.5 Å². The number of rotatable bonds is 3. The Morgan fingerprint density at radius 3 is 2.58 bits per heavy atom. The topological polar surface area (TPSA) is 52.7 Å². The Morgan fingerprint density at radius 1 is 1.25 bits per heavy atom. The normalized spacial score (nSPS) is 22.1. The number of nitrogens with one attached hydrogen (secondary N) is 1. The Hall–Kier alpha value is -1.75. The number of hydrogen-bond donors (Lipinski definition) is 1. The van der Waals surface area contributed by atoms with E-state index in [2.05, 4.69) is 12.2 Å². The van der Waals surface area contributed by atoms with Crippen molar-refractivity contribution < 1.29 is 9.59 Å². The van der Waals surface area contributed by atoms with Crippen LogP contribution in [-0.2, 0) is 4.79 Å². The van der Waals surface area contributed by atoms with Crippen LogP contribution in [-0.4, -0.2) is 43.0 Å². The molecule has 0 aromatic heterocycles. The molecule has 2 fully saturated rings. The van der Waals surface area contributed by atoms with E-state index >= 15 is 0 Å². The minimum absolute atomic E-state index is 0.000656. The molecule has 1 aromatic carbocycles. The predicted octanol–water partition coefficient (Wildman–Crippen LogP) is 3.13. The molecule has 1 aromatic rings. The number of nitrogens with zero attached hydrogens (tertiary/aromatic N) is 2. The largest absolute Gasteiger partial charge is 0.338 e. The average Bonchev–Trinajstić information content (AvgIpc) is 2.95. The van der Waals surface area contributed by atoms with E-state index in [4.69, 9.17) is 11.6 Å². The van der Waals surface area contributed by atoms with Crippen molar-refractivity contribution in [3.63, 3.8) is 0 Å². The maximum Gasteiger partial charge on any atom is 0.317 e. The first-order valence-corrected chi connectivity index (χ1v) is 8.99. The van der Waals surface area contributed by atoms with Crippen LogP contribution in [0.2, 0.25) is 5.02 Å². The summed E-state index contributed by atoms with van der Waals surface area (Å²) >= 11 is 5.90. The van der Waals surface area contributed by atoms with Crippen molar-refractivity contribution in [2.24, 2.45) is 11.8 Å². The van der Waals surface area contributed by atoms with Gasteiger partial charge in [0.25, 0.3) is 0 Å². The van der Waals surface area contributed by atoms with Gasteiger partial charge >= 0.3 is 6.03 Å². The number of piperidine rings is 1. The molecule has 2 aliphatic rings. The maximum absolute atomic E-state index is 12.2. The Bertz CT molecular complexity index is 597. The first-order valence-electron chi connectivity index (χ1n) is 8.61. The van der Waals surface area contributed by atoms with Crippen LogP contribution in [0.1, 0.15) is 26.2 Å². The van der Waals surface area contributed by atoms with Crippen molar-refractivity contribution >= 4 is 29.2 Å². The molecular formula is C18H24ClN3O2. The zero-order valence-electron chi connectivity index (χ0n) is 14.0. The van der Waals surface area contributed by atoms with Crippen LogP contribution in [0.4, 0.5) is 10.5 Å². The van der Waals surface area contributed by atoms with E-state index in [9.17, 15) is 9.59 Å². The summed E-state index contributed by atoms with van der Waals surface area (Å²) in [6, 6.07) is 7.29. The fraction of sp³-hybridized carbons (Fsp3) is 0.556. The molecule has 2 heterocycles. The van der Waals surface area contributed by atoms with Crippen LogP contribution in [0.5, 0.6) is 0 Å². The third kappa shape index (κ3) is 4.01. The first kappa shape index (κ1) is 17.1. The molecule has 1 atom stereocenters. The Labute approximate surface area is 147 Å². The molecule has 1 N–H and O–H groups in total. The average molecular weight is 350 g/mol. The molecule has 130 valence electrons. The smallest absolute Gasteiger partial charge is 0.317 e. The van der Waals surface area contributed by atoms with E-state index in [1.807, 2.05) is 17.0 Å². The molecule has 3 rings (SSSR count). The molecule has 0 radical (unpaired) electrons. The summed E-state index contributed by atoms with van der Waals surface area (Å²) in [6.07, 6.45) is 2.61. The van der Waals surface area contributed by atoms with Crippen molar-refractivity contribution in [1.82, 2.24) is 10.2 Å². The summed E-state index contributed by atoms with van der Waals surface area (Å²) in [5.74, 6) is 0.957. The Balaban J connectivity index is 1.49. The standard InChI is InChI=1S/C18H24ClN3O2/c1-13-6-8-21(9-7-13)18(24)20-11-14-10-17(23)22(12-14)16-4-2-15(19)3-5-16/h2-5,13-14H,6-12H2,1H3,(H,20,24). The van der Waals surface area contributed by atoms with E-state index in [0.717, 1.165) is 31.6 Å². The number of urea groups is 1. The van der Waals surface area contributed by atoms with Crippen LogP contribution < -0.4 is 10.2 Å². The zero-order chi connectivity index (χ0) is 17.1. The highest BCUT2D eigenvalue weighted by Crippen LogP contribution is 2.26. The van der Waals surface area contributed by atoms with Crippen LogP contribution in [0.15, 0.2) is 24.3 Å². The van der Waals surface area contributed by atoms with Crippen LogP contribution in [0, 0.1) is 11.8 Å². The molecule has 0 aliphatic carbocycles. The molecule has 0 saturated carbocycles. The first-order chi connectivity index (χ1) is 11.5. The highest BCUT2D eigenvalue weighted by molar-refractivity contribution is 6.30. The van der Waals surface area contributed by atoms with Gasteiger partial charge in [-0.15, -0.1) is 0 Å². The second-order valence-electron chi connectivity index (χ2n) is 6.91. The summed E-state index contributed by atoms with van der Waals surface area (Å²) in [5, 5.41) is 3.66. The zero-order valence-corrected chi connectivity index (χ0v) is 14.8. The SMILES string of the molecule is CC1CCN(C(=O)NCC2CC(=O)N(c3ccc(Cl)cc3)C2)CC1. The highest BCUT2D eigenvalue weighted by atomic mass is 35.5. The van der Waals surface area contributed by atoms with E-state index < -0.39 is 0 Å². The van der Waals surface area contributed by atoms with Crippen molar-refractivity contribution in [3.05, 3.63) is 29.3 Å². The third-order valence-corrected chi connectivity index (χ3v) is 5.21. The summed E-state index contributed by atoms with van der Waals surface area (Å²) in [5.41, 5.74) is 0.864. The predicted molar refractivity (Wildman–Crippen MR) is 95.3 cm³/mol. The lowest BCUT2D eigenvalue weighted by molar-refractivity contribution is -0.117. The van der Waals surface area contributed by atoms with Gasteiger partial charge in [-0.3, -0.25) is 4.79 Å². The van der Waals surface area contributed by atoms with Crippen molar-refractivity contribution in [2.45, 2.75) is 26.2 Å². The quantitative estimate of drug-likeness (QED) is 0.911. The molecule has 3 amide bonds. The van der Waals surface area contributed by atoms with Gasteiger partial charge in [0.15, 0.2) is 0 Å². The molecular weight excluding hydrogens is 326 g/mol. The Morgan fingerprint density at radius 2 is 1.92 bits per heavy atom. The van der Waals surface area contributed by atoms with Gasteiger partial charge < -0.3 is 15.1 Å².